The molecule has 6 heteroatoms. The molecule has 0 radical (unpaired) electrons. The summed E-state index contributed by atoms with van der Waals surface area (Å²) in [6, 6.07) is 1.04. The first kappa shape index (κ1) is 10.3. The zero-order valence-electron chi connectivity index (χ0n) is 6.27. The minimum atomic E-state index is -4.55. The average Bonchev–Trinajstić information content (AvgIpc) is 2.01. The topological polar surface area (TPSA) is 33.1 Å². The number of alkyl halides is 3. The van der Waals surface area contributed by atoms with Crippen molar-refractivity contribution in [3.63, 3.8) is 0 Å². The summed E-state index contributed by atoms with van der Waals surface area (Å²) in [7, 11) is 0. The van der Waals surface area contributed by atoms with E-state index >= 15 is 0 Å². The molecule has 0 fully saturated rings. The number of aliphatic hydroxyl groups excluding tert-OH is 1. The molecule has 13 heavy (non-hydrogen) atoms. The van der Waals surface area contributed by atoms with Crippen molar-refractivity contribution in [2.24, 2.45) is 0 Å². The van der Waals surface area contributed by atoms with Crippen molar-refractivity contribution >= 4 is 11.6 Å². The molecule has 0 aliphatic rings. The molecule has 1 rings (SSSR count). The van der Waals surface area contributed by atoms with Gasteiger partial charge in [0.05, 0.1) is 11.6 Å². The third-order valence-corrected chi connectivity index (χ3v) is 1.58. The molecule has 0 aliphatic carbocycles. The quantitative estimate of drug-likeness (QED) is 0.773. The summed E-state index contributed by atoms with van der Waals surface area (Å²) in [5.41, 5.74) is -1.42. The third-order valence-electron chi connectivity index (χ3n) is 1.37. The van der Waals surface area contributed by atoms with Gasteiger partial charge in [-0.05, 0) is 6.07 Å². The maximum absolute atomic E-state index is 12.2. The molecular formula is C7H5ClF3NO. The first-order chi connectivity index (χ1) is 5.95. The van der Waals surface area contributed by atoms with E-state index in [2.05, 4.69) is 4.98 Å². The van der Waals surface area contributed by atoms with E-state index < -0.39 is 18.5 Å². The van der Waals surface area contributed by atoms with Crippen LogP contribution in [0.2, 0.25) is 5.02 Å². The monoisotopic (exact) mass is 211 g/mol. The van der Waals surface area contributed by atoms with Gasteiger partial charge in [0.15, 0.2) is 0 Å². The standard InChI is InChI=1S/C7H5ClF3NO/c8-5-1-4(3-13)6(12-2-5)7(9,10)11/h1-2,13H,3H2. The Bertz CT molecular complexity index is 313. The molecule has 1 N–H and O–H groups in total. The van der Waals surface area contributed by atoms with Crippen LogP contribution in [0.15, 0.2) is 12.3 Å². The number of halogens is 4. The molecule has 1 aromatic heterocycles. The lowest BCUT2D eigenvalue weighted by Crippen LogP contribution is -2.11. The van der Waals surface area contributed by atoms with Crippen molar-refractivity contribution in [2.75, 3.05) is 0 Å². The fraction of sp³-hybridized carbons (Fsp3) is 0.286. The number of pyridine rings is 1. The zero-order valence-corrected chi connectivity index (χ0v) is 7.02. The Kier molecular flexibility index (Phi) is 2.77. The van der Waals surface area contributed by atoms with Gasteiger partial charge in [-0.3, -0.25) is 0 Å². The van der Waals surface area contributed by atoms with E-state index in [1.807, 2.05) is 0 Å². The summed E-state index contributed by atoms with van der Waals surface area (Å²) in [6.45, 7) is -0.734. The van der Waals surface area contributed by atoms with Crippen LogP contribution in [0.1, 0.15) is 11.3 Å². The highest BCUT2D eigenvalue weighted by molar-refractivity contribution is 6.30. The Labute approximate surface area is 77.0 Å². The second-order valence-corrected chi connectivity index (χ2v) is 2.75. The molecule has 0 atom stereocenters. The Morgan fingerprint density at radius 2 is 2.08 bits per heavy atom. The van der Waals surface area contributed by atoms with Crippen molar-refractivity contribution in [1.82, 2.24) is 4.98 Å². The summed E-state index contributed by atoms with van der Waals surface area (Å²) in [5, 5.41) is 8.67. The third kappa shape index (κ3) is 2.32. The molecule has 1 aromatic rings. The molecular weight excluding hydrogens is 207 g/mol. The molecule has 0 saturated carbocycles. The molecule has 72 valence electrons. The van der Waals surface area contributed by atoms with Crippen molar-refractivity contribution in [3.8, 4) is 0 Å². The summed E-state index contributed by atoms with van der Waals surface area (Å²) in [5.74, 6) is 0. The van der Waals surface area contributed by atoms with Crippen LogP contribution in [0.25, 0.3) is 0 Å². The lowest BCUT2D eigenvalue weighted by atomic mass is 10.2. The van der Waals surface area contributed by atoms with Gasteiger partial charge in [-0.15, -0.1) is 0 Å². The number of aromatic nitrogens is 1. The van der Waals surface area contributed by atoms with E-state index in [9.17, 15) is 13.2 Å². The van der Waals surface area contributed by atoms with E-state index in [0.29, 0.717) is 0 Å². The highest BCUT2D eigenvalue weighted by Gasteiger charge is 2.35. The predicted octanol–water partition coefficient (Wildman–Crippen LogP) is 2.25. The van der Waals surface area contributed by atoms with E-state index in [-0.39, 0.29) is 10.6 Å². The molecule has 0 spiro atoms. The van der Waals surface area contributed by atoms with Gasteiger partial charge in [0.25, 0.3) is 0 Å². The van der Waals surface area contributed by atoms with Gasteiger partial charge in [0.2, 0.25) is 0 Å². The van der Waals surface area contributed by atoms with Gasteiger partial charge in [0, 0.05) is 11.8 Å². The summed E-state index contributed by atoms with van der Waals surface area (Å²) >= 11 is 5.40. The van der Waals surface area contributed by atoms with Crippen LogP contribution >= 0.6 is 11.6 Å². The molecule has 0 saturated heterocycles. The Balaban J connectivity index is 3.22. The summed E-state index contributed by atoms with van der Waals surface area (Å²) in [6.07, 6.45) is -3.66. The zero-order chi connectivity index (χ0) is 10.1. The van der Waals surface area contributed by atoms with Crippen LogP contribution in [0, 0.1) is 0 Å². The van der Waals surface area contributed by atoms with Crippen molar-refractivity contribution in [3.05, 3.63) is 28.5 Å². The molecule has 0 aliphatic heterocycles. The van der Waals surface area contributed by atoms with Crippen LogP contribution < -0.4 is 0 Å². The van der Waals surface area contributed by atoms with Crippen molar-refractivity contribution < 1.29 is 18.3 Å². The second kappa shape index (κ2) is 3.51. The lowest BCUT2D eigenvalue weighted by molar-refractivity contribution is -0.142. The van der Waals surface area contributed by atoms with Crippen molar-refractivity contribution in [2.45, 2.75) is 12.8 Å². The minimum Gasteiger partial charge on any atom is -0.392 e. The van der Waals surface area contributed by atoms with Crippen LogP contribution in [0.3, 0.4) is 0 Å². The highest BCUT2D eigenvalue weighted by atomic mass is 35.5. The van der Waals surface area contributed by atoms with E-state index in [4.69, 9.17) is 16.7 Å². The largest absolute Gasteiger partial charge is 0.433 e. The smallest absolute Gasteiger partial charge is 0.392 e. The van der Waals surface area contributed by atoms with Crippen LogP contribution in [0.5, 0.6) is 0 Å². The second-order valence-electron chi connectivity index (χ2n) is 2.32. The van der Waals surface area contributed by atoms with Crippen LogP contribution in [-0.2, 0) is 12.8 Å². The SMILES string of the molecule is OCc1cc(Cl)cnc1C(F)(F)F. The maximum atomic E-state index is 12.2. The Hall–Kier alpha value is -0.810. The number of rotatable bonds is 1. The summed E-state index contributed by atoms with van der Waals surface area (Å²) in [4.78, 5) is 3.10. The number of aliphatic hydroxyl groups is 1. The molecule has 0 aromatic carbocycles. The highest BCUT2D eigenvalue weighted by Crippen LogP contribution is 2.31. The van der Waals surface area contributed by atoms with Crippen molar-refractivity contribution in [1.29, 1.82) is 0 Å². The van der Waals surface area contributed by atoms with Gasteiger partial charge >= 0.3 is 6.18 Å². The minimum absolute atomic E-state index is 0.0667. The van der Waals surface area contributed by atoms with E-state index in [1.54, 1.807) is 0 Å². The normalized spacial score (nSPS) is 11.8. The molecule has 0 amide bonds. The fourth-order valence-corrected chi connectivity index (χ4v) is 1.04. The van der Waals surface area contributed by atoms with E-state index in [1.165, 1.54) is 0 Å². The average molecular weight is 212 g/mol. The predicted molar refractivity (Wildman–Crippen MR) is 40.2 cm³/mol. The van der Waals surface area contributed by atoms with Gasteiger partial charge < -0.3 is 5.11 Å². The molecule has 0 bridgehead atoms. The molecule has 0 unspecified atom stereocenters. The molecule has 1 heterocycles. The number of hydrogen-bond acceptors (Lipinski definition) is 2. The number of hydrogen-bond donors (Lipinski definition) is 1. The lowest BCUT2D eigenvalue weighted by Gasteiger charge is -2.09. The first-order valence-corrected chi connectivity index (χ1v) is 3.65. The Morgan fingerprint density at radius 3 is 2.54 bits per heavy atom. The maximum Gasteiger partial charge on any atom is 0.433 e. The van der Waals surface area contributed by atoms with E-state index in [0.717, 1.165) is 12.3 Å². The van der Waals surface area contributed by atoms with Gasteiger partial charge in [-0.1, -0.05) is 11.6 Å². The van der Waals surface area contributed by atoms with Crippen LogP contribution in [-0.4, -0.2) is 10.1 Å². The first-order valence-electron chi connectivity index (χ1n) is 3.27. The van der Waals surface area contributed by atoms with Gasteiger partial charge in [-0.25, -0.2) is 4.98 Å². The number of nitrogens with zero attached hydrogens (tertiary/aromatic N) is 1. The fourth-order valence-electron chi connectivity index (χ4n) is 0.857. The summed E-state index contributed by atoms with van der Waals surface area (Å²) < 4.78 is 36.5. The van der Waals surface area contributed by atoms with Gasteiger partial charge in [-0.2, -0.15) is 13.2 Å². The van der Waals surface area contributed by atoms with Crippen LogP contribution in [0.4, 0.5) is 13.2 Å². The Morgan fingerprint density at radius 1 is 1.46 bits per heavy atom. The molecule has 2 nitrogen and oxygen atoms in total. The van der Waals surface area contributed by atoms with Gasteiger partial charge in [0.1, 0.15) is 5.69 Å².